The number of nitrogens with zero attached hydrogens (tertiary/aromatic N) is 2. The number of benzene rings is 4. The summed E-state index contributed by atoms with van der Waals surface area (Å²) >= 11 is 0. The number of rotatable bonds is 10. The molecule has 0 aliphatic carbocycles. The second-order valence-electron chi connectivity index (χ2n) is 14.1. The van der Waals surface area contributed by atoms with Gasteiger partial charge in [0.15, 0.2) is 0 Å². The molecule has 4 N–H and O–H groups in total. The Balaban J connectivity index is 1.54. The number of carbonyl (C=O) groups excluding carboxylic acids is 5. The van der Waals surface area contributed by atoms with Crippen LogP contribution in [0.4, 0.5) is 10.5 Å². The van der Waals surface area contributed by atoms with Gasteiger partial charge in [0.05, 0.1) is 37.4 Å². The maximum Gasteiger partial charge on any atom is 0.329 e. The van der Waals surface area contributed by atoms with Crippen molar-refractivity contribution in [3.8, 4) is 5.75 Å². The first-order valence-corrected chi connectivity index (χ1v) is 18.1. The van der Waals surface area contributed by atoms with Gasteiger partial charge in [-0.1, -0.05) is 111 Å². The van der Waals surface area contributed by atoms with E-state index in [1.165, 1.54) is 7.11 Å². The largest absolute Gasteiger partial charge is 0.491 e. The van der Waals surface area contributed by atoms with E-state index in [4.69, 9.17) is 19.9 Å². The summed E-state index contributed by atoms with van der Waals surface area (Å²) in [6.45, 7) is 3.03. The van der Waals surface area contributed by atoms with Gasteiger partial charge < -0.3 is 30.4 Å². The van der Waals surface area contributed by atoms with Gasteiger partial charge in [-0.05, 0) is 34.7 Å². The fourth-order valence-corrected chi connectivity index (χ4v) is 8.68. The number of nitrogens with one attached hydrogen (secondary N) is 1. The summed E-state index contributed by atoms with van der Waals surface area (Å²) in [4.78, 5) is 74.7. The number of esters is 2. The van der Waals surface area contributed by atoms with Crippen molar-refractivity contribution in [2.24, 2.45) is 17.6 Å². The Kier molecular flexibility index (Phi) is 10.2. The lowest BCUT2D eigenvalue weighted by atomic mass is 9.65. The van der Waals surface area contributed by atoms with E-state index in [0.717, 1.165) is 10.5 Å². The average molecular weight is 747 g/mol. The van der Waals surface area contributed by atoms with Gasteiger partial charge in [0.1, 0.15) is 36.0 Å². The summed E-state index contributed by atoms with van der Waals surface area (Å²) in [6.07, 6.45) is -0.915. The number of cyclic esters (lactones) is 1. The summed E-state index contributed by atoms with van der Waals surface area (Å²) in [5.74, 6) is -5.00. The third-order valence-corrected chi connectivity index (χ3v) is 10.8. The van der Waals surface area contributed by atoms with Crippen LogP contribution in [0.15, 0.2) is 109 Å². The molecule has 4 aromatic carbocycles. The number of methoxy groups -OCH3 is 1. The number of fused-ring (bicyclic) bond motifs is 3. The SMILES string of the molecule is COC(=O)[C@@H](NC(=O)N1C(=O)[C@@]2(c3ccccc31)[C@H](c1ccccc1OCCO)N1[C@H](c3ccccc3)[C@H](c3ccccc3)OC(=O)[C@H]1[C@@H]2C(N)=O)C(C)C. The molecule has 0 unspecified atom stereocenters. The number of morpholine rings is 1. The smallest absolute Gasteiger partial charge is 0.329 e. The van der Waals surface area contributed by atoms with Gasteiger partial charge >= 0.3 is 18.0 Å². The summed E-state index contributed by atoms with van der Waals surface area (Å²) in [6, 6.07) is 26.5. The zero-order valence-corrected chi connectivity index (χ0v) is 30.5. The van der Waals surface area contributed by atoms with Crippen LogP contribution in [0, 0.1) is 11.8 Å². The minimum Gasteiger partial charge on any atom is -0.491 e. The van der Waals surface area contributed by atoms with Gasteiger partial charge in [0.25, 0.3) is 0 Å². The third-order valence-electron chi connectivity index (χ3n) is 10.8. The first kappa shape index (κ1) is 37.3. The van der Waals surface area contributed by atoms with Crippen molar-refractivity contribution >= 4 is 35.5 Å². The molecule has 2 fully saturated rings. The highest BCUT2D eigenvalue weighted by molar-refractivity contribution is 6.25. The quantitative estimate of drug-likeness (QED) is 0.200. The Bertz CT molecular complexity index is 2110. The van der Waals surface area contributed by atoms with Gasteiger partial charge in [-0.2, -0.15) is 0 Å². The molecule has 284 valence electrons. The van der Waals surface area contributed by atoms with Crippen LogP contribution in [0.3, 0.4) is 0 Å². The van der Waals surface area contributed by atoms with E-state index in [9.17, 15) is 24.3 Å². The van der Waals surface area contributed by atoms with Crippen molar-refractivity contribution in [2.75, 3.05) is 25.2 Å². The molecule has 13 heteroatoms. The van der Waals surface area contributed by atoms with Crippen LogP contribution < -0.4 is 20.7 Å². The molecule has 7 rings (SSSR count). The van der Waals surface area contributed by atoms with Crippen LogP contribution in [-0.2, 0) is 34.1 Å². The minimum absolute atomic E-state index is 0.0978. The van der Waals surface area contributed by atoms with E-state index < -0.39 is 77.3 Å². The Morgan fingerprint density at radius 1 is 0.873 bits per heavy atom. The van der Waals surface area contributed by atoms with E-state index in [2.05, 4.69) is 5.32 Å². The number of urea groups is 1. The fourth-order valence-electron chi connectivity index (χ4n) is 8.68. The van der Waals surface area contributed by atoms with Crippen molar-refractivity contribution in [3.05, 3.63) is 131 Å². The van der Waals surface area contributed by atoms with Gasteiger partial charge in [-0.3, -0.25) is 19.3 Å². The zero-order chi connectivity index (χ0) is 39.0. The molecule has 3 heterocycles. The maximum absolute atomic E-state index is 15.8. The van der Waals surface area contributed by atoms with Gasteiger partial charge in [-0.25, -0.2) is 14.5 Å². The molecular weight excluding hydrogens is 704 g/mol. The summed E-state index contributed by atoms with van der Waals surface area (Å²) < 4.78 is 17.4. The molecule has 0 saturated carbocycles. The Morgan fingerprint density at radius 3 is 2.13 bits per heavy atom. The number of imide groups is 1. The number of carbonyl (C=O) groups is 5. The molecule has 1 spiro atoms. The summed E-state index contributed by atoms with van der Waals surface area (Å²) in [7, 11) is 1.20. The lowest BCUT2D eigenvalue weighted by Crippen LogP contribution is -2.57. The number of anilines is 1. The molecule has 7 atom stereocenters. The molecule has 2 saturated heterocycles. The highest BCUT2D eigenvalue weighted by atomic mass is 16.6. The van der Waals surface area contributed by atoms with E-state index in [1.807, 2.05) is 65.6 Å². The number of nitrogens with two attached hydrogens (primary N) is 1. The minimum atomic E-state index is -2.03. The third kappa shape index (κ3) is 6.00. The Labute approximate surface area is 318 Å². The van der Waals surface area contributed by atoms with Crippen LogP contribution in [0.1, 0.15) is 54.3 Å². The molecule has 13 nitrogen and oxygen atoms in total. The number of hydrogen-bond acceptors (Lipinski definition) is 10. The molecule has 3 aliphatic heterocycles. The van der Waals surface area contributed by atoms with Crippen LogP contribution in [-0.4, -0.2) is 72.2 Å². The van der Waals surface area contributed by atoms with Gasteiger partial charge in [0.2, 0.25) is 11.8 Å². The summed E-state index contributed by atoms with van der Waals surface area (Å²) in [5, 5.41) is 12.5. The highest BCUT2D eigenvalue weighted by Crippen LogP contribution is 2.66. The predicted molar refractivity (Wildman–Crippen MR) is 199 cm³/mol. The summed E-state index contributed by atoms with van der Waals surface area (Å²) in [5.41, 5.74) is 6.55. The van der Waals surface area contributed by atoms with Crippen LogP contribution in [0.5, 0.6) is 5.75 Å². The van der Waals surface area contributed by atoms with E-state index in [1.54, 1.807) is 62.4 Å². The van der Waals surface area contributed by atoms with Gasteiger partial charge in [-0.15, -0.1) is 0 Å². The first-order valence-electron chi connectivity index (χ1n) is 18.1. The number of ether oxygens (including phenoxy) is 3. The van der Waals surface area contributed by atoms with Crippen molar-refractivity contribution in [3.63, 3.8) is 0 Å². The molecule has 4 aromatic rings. The average Bonchev–Trinajstić information content (AvgIpc) is 3.66. The normalized spacial score (nSPS) is 24.9. The number of amides is 4. The molecule has 0 bridgehead atoms. The molecule has 55 heavy (non-hydrogen) atoms. The molecule has 4 amide bonds. The standard InChI is InChI=1S/C42H42N4O9/c1-24(2)32(38(49)53-3)44-41(52)45-29-20-12-11-19-28(29)42(40(45)51)31(37(43)48)34-39(50)55-35(26-16-8-5-9-17-26)33(25-14-6-4-7-15-25)46(34)36(42)27-18-10-13-21-30(27)54-23-22-47/h4-21,24,31-36,47H,22-23H2,1-3H3,(H2,43,48)(H,44,52)/t31-,32+,33-,34-,35+,36+,42-/m1/s1. The van der Waals surface area contributed by atoms with Crippen LogP contribution in [0.2, 0.25) is 0 Å². The van der Waals surface area contributed by atoms with E-state index >= 15 is 4.79 Å². The van der Waals surface area contributed by atoms with Crippen LogP contribution >= 0.6 is 0 Å². The van der Waals surface area contributed by atoms with Crippen LogP contribution in [0.25, 0.3) is 0 Å². The second kappa shape index (κ2) is 15.0. The molecular formula is C42H42N4O9. The Hall–Kier alpha value is -6.05. The number of primary amides is 1. The number of para-hydroxylation sites is 2. The number of aliphatic hydroxyl groups is 1. The predicted octanol–water partition coefficient (Wildman–Crippen LogP) is 4.12. The van der Waals surface area contributed by atoms with Crippen molar-refractivity contribution in [2.45, 2.75) is 49.5 Å². The fraction of sp³-hybridized carbons (Fsp3) is 0.310. The molecule has 0 aromatic heterocycles. The monoisotopic (exact) mass is 746 g/mol. The number of aliphatic hydroxyl groups excluding tert-OH is 1. The lowest BCUT2D eigenvalue weighted by Gasteiger charge is -2.46. The second-order valence-corrected chi connectivity index (χ2v) is 14.1. The maximum atomic E-state index is 15.8. The van der Waals surface area contributed by atoms with Gasteiger partial charge in [0, 0.05) is 5.56 Å². The Morgan fingerprint density at radius 2 is 1.49 bits per heavy atom. The van der Waals surface area contributed by atoms with E-state index in [-0.39, 0.29) is 30.2 Å². The molecule has 0 radical (unpaired) electrons. The first-order chi connectivity index (χ1) is 26.6. The number of hydrogen-bond donors (Lipinski definition) is 3. The van der Waals surface area contributed by atoms with Crippen molar-refractivity contribution in [1.82, 2.24) is 10.2 Å². The topological polar surface area (TPSA) is 178 Å². The zero-order valence-electron chi connectivity index (χ0n) is 30.5. The highest BCUT2D eigenvalue weighted by Gasteiger charge is 2.75. The van der Waals surface area contributed by atoms with Crippen molar-refractivity contribution in [1.29, 1.82) is 0 Å². The molecule has 3 aliphatic rings. The van der Waals surface area contributed by atoms with E-state index in [0.29, 0.717) is 11.1 Å². The lowest BCUT2D eigenvalue weighted by molar-refractivity contribution is -0.178. The van der Waals surface area contributed by atoms with Crippen molar-refractivity contribution < 1.29 is 43.3 Å².